The molecule has 2 aromatic rings. The minimum absolute atomic E-state index is 0.0705. The number of nitro groups is 2. The standard InChI is InChI=1S/C18H14N2O11/c21-17(29-13-5-1-11(2-6-13)19(23)24)27-9-15-16(31-15)10-28-18(22)30-14-7-3-12(4-8-14)20(25)26/h1-8,15-16H,9-10H2. The molecule has 1 aliphatic heterocycles. The number of rotatable bonds is 8. The van der Waals surface area contributed by atoms with Crippen molar-refractivity contribution < 1.29 is 43.1 Å². The summed E-state index contributed by atoms with van der Waals surface area (Å²) in [6.07, 6.45) is -3.06. The summed E-state index contributed by atoms with van der Waals surface area (Å²) < 4.78 is 24.6. The maximum absolute atomic E-state index is 11.6. The van der Waals surface area contributed by atoms with Crippen LogP contribution >= 0.6 is 0 Å². The molecule has 1 fully saturated rings. The fourth-order valence-corrected chi connectivity index (χ4v) is 2.30. The minimum atomic E-state index is -1.03. The topological polar surface area (TPSA) is 170 Å². The second-order valence-electron chi connectivity index (χ2n) is 6.04. The number of non-ortho nitro benzene ring substituents is 2. The summed E-state index contributed by atoms with van der Waals surface area (Å²) in [5.41, 5.74) is -0.302. The first-order valence-electron chi connectivity index (χ1n) is 8.65. The van der Waals surface area contributed by atoms with Gasteiger partial charge in [-0.25, -0.2) is 9.59 Å². The zero-order valence-electron chi connectivity index (χ0n) is 15.6. The van der Waals surface area contributed by atoms with E-state index in [1.54, 1.807) is 0 Å². The van der Waals surface area contributed by atoms with Crippen molar-refractivity contribution in [1.29, 1.82) is 0 Å². The molecule has 0 amide bonds. The van der Waals surface area contributed by atoms with Gasteiger partial charge in [0.2, 0.25) is 0 Å². The lowest BCUT2D eigenvalue weighted by atomic mass is 10.3. The van der Waals surface area contributed by atoms with E-state index >= 15 is 0 Å². The summed E-state index contributed by atoms with van der Waals surface area (Å²) in [7, 11) is 0. The first-order chi connectivity index (χ1) is 14.8. The van der Waals surface area contributed by atoms with Gasteiger partial charge in [-0.05, 0) is 24.3 Å². The van der Waals surface area contributed by atoms with Crippen LogP contribution in [0.5, 0.6) is 11.5 Å². The molecule has 0 spiro atoms. The van der Waals surface area contributed by atoms with E-state index < -0.39 is 34.4 Å². The van der Waals surface area contributed by atoms with Crippen molar-refractivity contribution in [3.8, 4) is 11.5 Å². The van der Waals surface area contributed by atoms with E-state index in [4.69, 9.17) is 23.7 Å². The highest BCUT2D eigenvalue weighted by molar-refractivity contribution is 5.64. The number of hydrogen-bond acceptors (Lipinski definition) is 11. The lowest BCUT2D eigenvalue weighted by Crippen LogP contribution is -2.18. The van der Waals surface area contributed by atoms with Crippen LogP contribution in [0.25, 0.3) is 0 Å². The Labute approximate surface area is 173 Å². The summed E-state index contributed by atoms with van der Waals surface area (Å²) in [4.78, 5) is 43.2. The molecule has 0 aromatic heterocycles. The number of epoxide rings is 1. The SMILES string of the molecule is O=C(OCC1OC1COC(=O)Oc1ccc([N+](=O)[O-])cc1)Oc1ccc([N+](=O)[O-])cc1. The minimum Gasteiger partial charge on any atom is -0.431 e. The molecule has 31 heavy (non-hydrogen) atoms. The third kappa shape index (κ3) is 6.37. The third-order valence-corrected chi connectivity index (χ3v) is 3.92. The molecule has 162 valence electrons. The number of nitrogens with zero attached hydrogens (tertiary/aromatic N) is 2. The van der Waals surface area contributed by atoms with Gasteiger partial charge in [-0.1, -0.05) is 0 Å². The molecule has 0 saturated carbocycles. The fraction of sp³-hybridized carbons (Fsp3) is 0.222. The largest absolute Gasteiger partial charge is 0.513 e. The molecular formula is C18H14N2O11. The van der Waals surface area contributed by atoms with E-state index in [1.807, 2.05) is 0 Å². The van der Waals surface area contributed by atoms with Crippen LogP contribution in [-0.2, 0) is 14.2 Å². The molecule has 0 aliphatic carbocycles. The number of hydrogen-bond donors (Lipinski definition) is 0. The molecule has 0 radical (unpaired) electrons. The van der Waals surface area contributed by atoms with Gasteiger partial charge in [-0.15, -0.1) is 0 Å². The monoisotopic (exact) mass is 434 g/mol. The van der Waals surface area contributed by atoms with Gasteiger partial charge in [0.1, 0.15) is 36.9 Å². The highest BCUT2D eigenvalue weighted by atomic mass is 16.7. The van der Waals surface area contributed by atoms with Gasteiger partial charge >= 0.3 is 12.3 Å². The summed E-state index contributed by atoms with van der Waals surface area (Å²) in [6, 6.07) is 9.71. The predicted molar refractivity (Wildman–Crippen MR) is 98.8 cm³/mol. The number of benzene rings is 2. The van der Waals surface area contributed by atoms with Crippen molar-refractivity contribution in [1.82, 2.24) is 0 Å². The van der Waals surface area contributed by atoms with E-state index in [9.17, 15) is 29.8 Å². The highest BCUT2D eigenvalue weighted by Gasteiger charge is 2.41. The van der Waals surface area contributed by atoms with Gasteiger partial charge in [-0.2, -0.15) is 0 Å². The van der Waals surface area contributed by atoms with E-state index in [0.29, 0.717) is 0 Å². The summed E-state index contributed by atoms with van der Waals surface area (Å²) in [5, 5.41) is 21.1. The summed E-state index contributed by atoms with van der Waals surface area (Å²) in [5.74, 6) is 0.141. The second-order valence-corrected chi connectivity index (χ2v) is 6.04. The van der Waals surface area contributed by atoms with E-state index in [1.165, 1.54) is 48.5 Å². The Kier molecular flexibility index (Phi) is 6.57. The first-order valence-corrected chi connectivity index (χ1v) is 8.65. The van der Waals surface area contributed by atoms with Crippen molar-refractivity contribution in [3.05, 3.63) is 68.8 Å². The van der Waals surface area contributed by atoms with Crippen LogP contribution in [0.2, 0.25) is 0 Å². The lowest BCUT2D eigenvalue weighted by molar-refractivity contribution is -0.385. The molecule has 2 aromatic carbocycles. The smallest absolute Gasteiger partial charge is 0.431 e. The second kappa shape index (κ2) is 9.49. The van der Waals surface area contributed by atoms with Gasteiger partial charge < -0.3 is 23.7 Å². The Morgan fingerprint density at radius 1 is 0.742 bits per heavy atom. The van der Waals surface area contributed by atoms with Crippen LogP contribution in [0.3, 0.4) is 0 Å². The molecule has 1 heterocycles. The fourth-order valence-electron chi connectivity index (χ4n) is 2.30. The van der Waals surface area contributed by atoms with Gasteiger partial charge in [0.25, 0.3) is 11.4 Å². The Hall–Kier alpha value is -4.26. The van der Waals surface area contributed by atoms with Gasteiger partial charge in [-0.3, -0.25) is 20.2 Å². The van der Waals surface area contributed by atoms with Crippen LogP contribution in [0.15, 0.2) is 48.5 Å². The van der Waals surface area contributed by atoms with Crippen molar-refractivity contribution in [2.75, 3.05) is 13.2 Å². The Morgan fingerprint density at radius 2 is 1.10 bits per heavy atom. The summed E-state index contributed by atoms with van der Waals surface area (Å²) >= 11 is 0. The molecule has 1 saturated heterocycles. The normalized spacial score (nSPS) is 16.6. The number of ether oxygens (including phenoxy) is 5. The van der Waals surface area contributed by atoms with Crippen LogP contribution in [-0.4, -0.2) is 47.6 Å². The molecular weight excluding hydrogens is 420 g/mol. The Bertz CT molecular complexity index is 896. The van der Waals surface area contributed by atoms with E-state index in [0.717, 1.165) is 0 Å². The number of nitro benzene ring substituents is 2. The number of carbonyl (C=O) groups excluding carboxylic acids is 2. The van der Waals surface area contributed by atoms with Gasteiger partial charge in [0.15, 0.2) is 0 Å². The predicted octanol–water partition coefficient (Wildman–Crippen LogP) is 3.00. The van der Waals surface area contributed by atoms with Crippen LogP contribution in [0, 0.1) is 20.2 Å². The number of carbonyl (C=O) groups is 2. The maximum Gasteiger partial charge on any atom is 0.513 e. The maximum atomic E-state index is 11.6. The third-order valence-electron chi connectivity index (χ3n) is 3.92. The van der Waals surface area contributed by atoms with Crippen LogP contribution in [0.4, 0.5) is 21.0 Å². The van der Waals surface area contributed by atoms with Gasteiger partial charge in [0, 0.05) is 24.3 Å². The molecule has 3 rings (SSSR count). The summed E-state index contributed by atoms with van der Waals surface area (Å²) in [6.45, 7) is -0.311. The Morgan fingerprint density at radius 3 is 1.42 bits per heavy atom. The van der Waals surface area contributed by atoms with Crippen LogP contribution < -0.4 is 9.47 Å². The van der Waals surface area contributed by atoms with Crippen molar-refractivity contribution in [3.63, 3.8) is 0 Å². The zero-order valence-corrected chi connectivity index (χ0v) is 15.6. The van der Waals surface area contributed by atoms with Crippen molar-refractivity contribution in [2.45, 2.75) is 12.2 Å². The lowest BCUT2D eigenvalue weighted by Gasteiger charge is -2.05. The average molecular weight is 434 g/mol. The molecule has 13 nitrogen and oxygen atoms in total. The van der Waals surface area contributed by atoms with Crippen LogP contribution in [0.1, 0.15) is 0 Å². The first kappa shape index (κ1) is 21.4. The average Bonchev–Trinajstić information content (AvgIpc) is 3.50. The molecule has 0 bridgehead atoms. The van der Waals surface area contributed by atoms with E-state index in [2.05, 4.69) is 0 Å². The zero-order chi connectivity index (χ0) is 22.4. The molecule has 13 heteroatoms. The van der Waals surface area contributed by atoms with Crippen molar-refractivity contribution in [2.24, 2.45) is 0 Å². The highest BCUT2D eigenvalue weighted by Crippen LogP contribution is 2.24. The Balaban J connectivity index is 1.32. The molecule has 2 atom stereocenters. The molecule has 2 unspecified atom stereocenters. The molecule has 0 N–H and O–H groups in total. The quantitative estimate of drug-likeness (QED) is 0.197. The molecule has 1 aliphatic rings. The van der Waals surface area contributed by atoms with Crippen molar-refractivity contribution >= 4 is 23.7 Å². The van der Waals surface area contributed by atoms with E-state index in [-0.39, 0.29) is 36.1 Å². The van der Waals surface area contributed by atoms with Gasteiger partial charge in [0.05, 0.1) is 9.85 Å².